The van der Waals surface area contributed by atoms with Crippen molar-refractivity contribution in [3.05, 3.63) is 64.0 Å². The SMILES string of the molecule is O=C(CNC(=O)c1ccncc1)N/N=C\c1ccc(O)c([N+](=O)[O-])c1. The van der Waals surface area contributed by atoms with Gasteiger partial charge in [-0.15, -0.1) is 0 Å². The minimum absolute atomic E-state index is 0.297. The predicted octanol–water partition coefficient (Wildman–Crippen LogP) is 0.575. The van der Waals surface area contributed by atoms with E-state index in [1.807, 2.05) is 0 Å². The number of rotatable bonds is 6. The van der Waals surface area contributed by atoms with Gasteiger partial charge in [0, 0.05) is 29.6 Å². The lowest BCUT2D eigenvalue weighted by molar-refractivity contribution is -0.385. The van der Waals surface area contributed by atoms with Crippen molar-refractivity contribution in [1.29, 1.82) is 0 Å². The van der Waals surface area contributed by atoms with Gasteiger partial charge >= 0.3 is 5.69 Å². The van der Waals surface area contributed by atoms with Crippen molar-refractivity contribution in [3.8, 4) is 5.75 Å². The third-order valence-corrected chi connectivity index (χ3v) is 2.95. The number of hydrazone groups is 1. The van der Waals surface area contributed by atoms with Crippen molar-refractivity contribution in [1.82, 2.24) is 15.7 Å². The van der Waals surface area contributed by atoms with E-state index in [-0.39, 0.29) is 6.54 Å². The first-order valence-electron chi connectivity index (χ1n) is 6.95. The van der Waals surface area contributed by atoms with Gasteiger partial charge in [-0.2, -0.15) is 5.10 Å². The number of aromatic hydroxyl groups is 1. The summed E-state index contributed by atoms with van der Waals surface area (Å²) in [5.41, 5.74) is 2.37. The highest BCUT2D eigenvalue weighted by Gasteiger charge is 2.12. The first-order valence-corrected chi connectivity index (χ1v) is 6.95. The summed E-state index contributed by atoms with van der Waals surface area (Å²) in [6, 6.07) is 6.65. The van der Waals surface area contributed by atoms with Gasteiger partial charge in [0.2, 0.25) is 0 Å². The van der Waals surface area contributed by atoms with Gasteiger partial charge in [-0.1, -0.05) is 0 Å². The molecule has 3 N–H and O–H groups in total. The molecule has 0 fully saturated rings. The van der Waals surface area contributed by atoms with Crippen molar-refractivity contribution in [2.75, 3.05) is 6.54 Å². The molecule has 0 aliphatic carbocycles. The molecule has 0 saturated heterocycles. The van der Waals surface area contributed by atoms with Crippen molar-refractivity contribution in [3.63, 3.8) is 0 Å². The lowest BCUT2D eigenvalue weighted by atomic mass is 10.2. The van der Waals surface area contributed by atoms with E-state index in [2.05, 4.69) is 20.8 Å². The molecule has 128 valence electrons. The molecule has 0 atom stereocenters. The Morgan fingerprint density at radius 2 is 2.00 bits per heavy atom. The van der Waals surface area contributed by atoms with E-state index in [0.717, 1.165) is 12.1 Å². The molecule has 0 unspecified atom stereocenters. The summed E-state index contributed by atoms with van der Waals surface area (Å²) in [7, 11) is 0. The zero-order valence-corrected chi connectivity index (χ0v) is 12.7. The first kappa shape index (κ1) is 17.5. The molecule has 2 rings (SSSR count). The fourth-order valence-electron chi connectivity index (χ4n) is 1.75. The highest BCUT2D eigenvalue weighted by atomic mass is 16.6. The molecular formula is C15H13N5O5. The van der Waals surface area contributed by atoms with Crippen molar-refractivity contribution >= 4 is 23.7 Å². The summed E-state index contributed by atoms with van der Waals surface area (Å²) in [6.07, 6.45) is 4.08. The van der Waals surface area contributed by atoms with Crippen LogP contribution in [-0.4, -0.2) is 39.6 Å². The van der Waals surface area contributed by atoms with Crippen LogP contribution in [0, 0.1) is 10.1 Å². The Morgan fingerprint density at radius 1 is 1.28 bits per heavy atom. The number of benzene rings is 1. The maximum Gasteiger partial charge on any atom is 0.311 e. The van der Waals surface area contributed by atoms with E-state index >= 15 is 0 Å². The van der Waals surface area contributed by atoms with Crippen LogP contribution in [0.1, 0.15) is 15.9 Å². The molecule has 0 aliphatic heterocycles. The van der Waals surface area contributed by atoms with Crippen LogP contribution in [0.15, 0.2) is 47.8 Å². The molecule has 25 heavy (non-hydrogen) atoms. The molecule has 1 aromatic carbocycles. The molecule has 0 spiro atoms. The van der Waals surface area contributed by atoms with Gasteiger partial charge in [-0.25, -0.2) is 5.43 Å². The zero-order chi connectivity index (χ0) is 18.2. The number of carbonyl (C=O) groups is 2. The number of nitro groups is 1. The van der Waals surface area contributed by atoms with Crippen molar-refractivity contribution in [2.45, 2.75) is 0 Å². The maximum absolute atomic E-state index is 11.7. The van der Waals surface area contributed by atoms with E-state index in [1.165, 1.54) is 36.8 Å². The highest BCUT2D eigenvalue weighted by Crippen LogP contribution is 2.25. The normalized spacial score (nSPS) is 10.4. The molecule has 0 aliphatic rings. The van der Waals surface area contributed by atoms with Crippen molar-refractivity contribution in [2.24, 2.45) is 5.10 Å². The number of carbonyl (C=O) groups excluding carboxylic acids is 2. The van der Waals surface area contributed by atoms with Gasteiger partial charge in [0.05, 0.1) is 17.7 Å². The van der Waals surface area contributed by atoms with Crippen molar-refractivity contribution < 1.29 is 19.6 Å². The third kappa shape index (κ3) is 5.10. The topological polar surface area (TPSA) is 147 Å². The number of hydrogen-bond donors (Lipinski definition) is 3. The molecule has 2 amide bonds. The number of nitro benzene ring substituents is 1. The number of hydrogen-bond acceptors (Lipinski definition) is 7. The minimum Gasteiger partial charge on any atom is -0.502 e. The van der Waals surface area contributed by atoms with Crippen LogP contribution >= 0.6 is 0 Å². The fraction of sp³-hybridized carbons (Fsp3) is 0.0667. The second kappa shape index (κ2) is 8.15. The smallest absolute Gasteiger partial charge is 0.311 e. The average molecular weight is 343 g/mol. The van der Waals surface area contributed by atoms with E-state index in [9.17, 15) is 24.8 Å². The Morgan fingerprint density at radius 3 is 2.68 bits per heavy atom. The van der Waals surface area contributed by atoms with E-state index < -0.39 is 28.2 Å². The standard InChI is InChI=1S/C15H13N5O5/c21-13-2-1-10(7-12(13)20(24)25)8-18-19-14(22)9-17-15(23)11-3-5-16-6-4-11/h1-8,21H,9H2,(H,17,23)(H,19,22)/b18-8-. The number of aromatic nitrogens is 1. The third-order valence-electron chi connectivity index (χ3n) is 2.95. The summed E-state index contributed by atoms with van der Waals surface area (Å²) >= 11 is 0. The van der Waals surface area contributed by atoms with Gasteiger partial charge in [0.1, 0.15) is 0 Å². The summed E-state index contributed by atoms with van der Waals surface area (Å²) < 4.78 is 0. The summed E-state index contributed by atoms with van der Waals surface area (Å²) in [5, 5.41) is 26.1. The average Bonchev–Trinajstić information content (AvgIpc) is 2.61. The van der Waals surface area contributed by atoms with Gasteiger partial charge in [-0.05, 0) is 24.3 Å². The van der Waals surface area contributed by atoms with E-state index in [1.54, 1.807) is 0 Å². The Labute approximate surface area is 141 Å². The number of pyridine rings is 1. The molecule has 0 radical (unpaired) electrons. The van der Waals surface area contributed by atoms with E-state index in [4.69, 9.17) is 0 Å². The predicted molar refractivity (Wildman–Crippen MR) is 87.1 cm³/mol. The number of amides is 2. The van der Waals surface area contributed by atoms with Crippen LogP contribution in [0.3, 0.4) is 0 Å². The molecule has 1 heterocycles. The molecule has 0 bridgehead atoms. The molecular weight excluding hydrogens is 330 g/mol. The highest BCUT2D eigenvalue weighted by molar-refractivity contribution is 5.96. The Bertz CT molecular complexity index is 822. The number of nitrogens with zero attached hydrogens (tertiary/aromatic N) is 3. The first-order chi connectivity index (χ1) is 12.0. The molecule has 10 nitrogen and oxygen atoms in total. The van der Waals surface area contributed by atoms with Gasteiger partial charge in [0.25, 0.3) is 11.8 Å². The number of nitrogens with one attached hydrogen (secondary N) is 2. The lowest BCUT2D eigenvalue weighted by Gasteiger charge is -2.03. The molecule has 10 heteroatoms. The zero-order valence-electron chi connectivity index (χ0n) is 12.7. The van der Waals surface area contributed by atoms with Crippen LogP contribution in [-0.2, 0) is 4.79 Å². The minimum atomic E-state index is -0.736. The van der Waals surface area contributed by atoms with Gasteiger partial charge in [0.15, 0.2) is 5.75 Å². The van der Waals surface area contributed by atoms with E-state index in [0.29, 0.717) is 11.1 Å². The summed E-state index contributed by atoms with van der Waals surface area (Å²) in [5.74, 6) is -1.48. The number of phenolic OH excluding ortho intramolecular Hbond substituents is 1. The Hall–Kier alpha value is -3.82. The second-order valence-corrected chi connectivity index (χ2v) is 4.72. The fourth-order valence-corrected chi connectivity index (χ4v) is 1.75. The van der Waals surface area contributed by atoms with Gasteiger partial charge in [-0.3, -0.25) is 24.7 Å². The van der Waals surface area contributed by atoms with Crippen LogP contribution < -0.4 is 10.7 Å². The molecule has 0 saturated carbocycles. The molecule has 1 aromatic heterocycles. The van der Waals surface area contributed by atoms with Crippen LogP contribution in [0.5, 0.6) is 5.75 Å². The maximum atomic E-state index is 11.7. The lowest BCUT2D eigenvalue weighted by Crippen LogP contribution is -2.34. The Kier molecular flexibility index (Phi) is 5.72. The second-order valence-electron chi connectivity index (χ2n) is 4.72. The summed E-state index contributed by atoms with van der Waals surface area (Å²) in [4.78, 5) is 37.1. The van der Waals surface area contributed by atoms with Crippen LogP contribution in [0.4, 0.5) is 5.69 Å². The van der Waals surface area contributed by atoms with Crippen LogP contribution in [0.2, 0.25) is 0 Å². The number of phenols is 1. The monoisotopic (exact) mass is 343 g/mol. The quantitative estimate of drug-likeness (QED) is 0.397. The van der Waals surface area contributed by atoms with Crippen LogP contribution in [0.25, 0.3) is 0 Å². The Balaban J connectivity index is 1.85. The summed E-state index contributed by atoms with van der Waals surface area (Å²) in [6.45, 7) is -0.297. The van der Waals surface area contributed by atoms with Gasteiger partial charge < -0.3 is 10.4 Å². The largest absolute Gasteiger partial charge is 0.502 e. The molecule has 2 aromatic rings.